The molecule has 2 amide bonds. The number of H-pyrrole nitrogens is 1. The largest absolute Gasteiger partial charge is 0.453 e. The van der Waals surface area contributed by atoms with Gasteiger partial charge in [0.1, 0.15) is 17.7 Å². The fourth-order valence-electron chi connectivity index (χ4n) is 4.69. The van der Waals surface area contributed by atoms with E-state index in [2.05, 4.69) is 15.3 Å². The molecule has 1 saturated heterocycles. The van der Waals surface area contributed by atoms with E-state index in [1.54, 1.807) is 17.2 Å². The van der Waals surface area contributed by atoms with Crippen molar-refractivity contribution in [1.82, 2.24) is 20.2 Å². The standard InChI is InChI=1S/C27H32FN5O3/c1-15(2)24(32-27(35)36-4)26(34)33-11-5-6-23(33)25-30-14-22(31-25)18-9-7-17(8-10-18)19-13-20(28)21(29)12-16(19)3/h7-10,12-15,23-24H,5-6,11,29H2,1-4H3,(H,30,31)(H,32,35)/t23-,24-/m0/s1. The summed E-state index contributed by atoms with van der Waals surface area (Å²) in [5, 5.41) is 2.66. The molecule has 1 aliphatic heterocycles. The second-order valence-corrected chi connectivity index (χ2v) is 9.50. The van der Waals surface area contributed by atoms with Crippen molar-refractivity contribution in [3.05, 3.63) is 59.8 Å². The van der Waals surface area contributed by atoms with E-state index in [0.717, 1.165) is 40.8 Å². The molecule has 36 heavy (non-hydrogen) atoms. The summed E-state index contributed by atoms with van der Waals surface area (Å²) in [5.41, 5.74) is 10.1. The highest BCUT2D eigenvalue weighted by Crippen LogP contribution is 2.33. The minimum atomic E-state index is -0.679. The zero-order valence-corrected chi connectivity index (χ0v) is 21.0. The normalized spacial score (nSPS) is 16.3. The van der Waals surface area contributed by atoms with Crippen LogP contribution in [0, 0.1) is 18.7 Å². The first-order chi connectivity index (χ1) is 17.2. The van der Waals surface area contributed by atoms with E-state index in [1.165, 1.54) is 13.2 Å². The summed E-state index contributed by atoms with van der Waals surface area (Å²) in [6.07, 6.45) is 2.76. The van der Waals surface area contributed by atoms with E-state index >= 15 is 0 Å². The van der Waals surface area contributed by atoms with Crippen molar-refractivity contribution in [2.45, 2.75) is 45.7 Å². The van der Waals surface area contributed by atoms with Crippen LogP contribution in [-0.2, 0) is 9.53 Å². The number of carbonyl (C=O) groups excluding carboxylic acids is 2. The van der Waals surface area contributed by atoms with Crippen LogP contribution in [0.5, 0.6) is 0 Å². The fraction of sp³-hybridized carbons (Fsp3) is 0.370. The van der Waals surface area contributed by atoms with Gasteiger partial charge in [0, 0.05) is 6.54 Å². The van der Waals surface area contributed by atoms with Gasteiger partial charge in [-0.3, -0.25) is 4.79 Å². The number of methoxy groups -OCH3 is 1. The van der Waals surface area contributed by atoms with E-state index in [9.17, 15) is 14.0 Å². The van der Waals surface area contributed by atoms with Crippen LogP contribution in [0.25, 0.3) is 22.4 Å². The summed E-state index contributed by atoms with van der Waals surface area (Å²) in [6.45, 7) is 6.27. The highest BCUT2D eigenvalue weighted by atomic mass is 19.1. The molecule has 2 aromatic carbocycles. The lowest BCUT2D eigenvalue weighted by Gasteiger charge is -2.30. The third-order valence-corrected chi connectivity index (χ3v) is 6.69. The number of carbonyl (C=O) groups is 2. The Bertz CT molecular complexity index is 1250. The summed E-state index contributed by atoms with van der Waals surface area (Å²) >= 11 is 0. The monoisotopic (exact) mass is 493 g/mol. The molecular weight excluding hydrogens is 461 g/mol. The van der Waals surface area contributed by atoms with Crippen LogP contribution in [-0.4, -0.2) is 46.6 Å². The Hall–Kier alpha value is -3.88. The number of aryl methyl sites for hydroxylation is 1. The fourth-order valence-corrected chi connectivity index (χ4v) is 4.69. The van der Waals surface area contributed by atoms with Gasteiger partial charge in [-0.2, -0.15) is 0 Å². The molecular formula is C27H32FN5O3. The molecule has 0 unspecified atom stereocenters. The number of nitrogens with two attached hydrogens (primary N) is 1. The van der Waals surface area contributed by atoms with Crippen molar-refractivity contribution in [3.8, 4) is 22.4 Å². The van der Waals surface area contributed by atoms with E-state index in [4.69, 9.17) is 10.5 Å². The van der Waals surface area contributed by atoms with Crippen molar-refractivity contribution in [3.63, 3.8) is 0 Å². The first kappa shape index (κ1) is 25.2. The first-order valence-corrected chi connectivity index (χ1v) is 12.1. The predicted octanol–water partition coefficient (Wildman–Crippen LogP) is 4.82. The summed E-state index contributed by atoms with van der Waals surface area (Å²) in [7, 11) is 1.28. The van der Waals surface area contributed by atoms with Gasteiger partial charge < -0.3 is 25.7 Å². The lowest BCUT2D eigenvalue weighted by Crippen LogP contribution is -2.51. The van der Waals surface area contributed by atoms with Crippen molar-refractivity contribution in [1.29, 1.82) is 0 Å². The summed E-state index contributed by atoms with van der Waals surface area (Å²) in [4.78, 5) is 34.8. The van der Waals surface area contributed by atoms with Gasteiger partial charge in [-0.1, -0.05) is 38.1 Å². The SMILES string of the molecule is COC(=O)N[C@H](C(=O)N1CCC[C@H]1c1ncc(-c2ccc(-c3cc(F)c(N)cc3C)cc2)[nH]1)C(C)C. The molecule has 4 rings (SSSR count). The highest BCUT2D eigenvalue weighted by Gasteiger charge is 2.37. The maximum atomic E-state index is 14.0. The van der Waals surface area contributed by atoms with Gasteiger partial charge in [0.05, 0.1) is 30.7 Å². The maximum Gasteiger partial charge on any atom is 0.407 e. The van der Waals surface area contributed by atoms with Crippen LogP contribution in [0.15, 0.2) is 42.6 Å². The summed E-state index contributed by atoms with van der Waals surface area (Å²) < 4.78 is 18.7. The molecule has 0 aliphatic carbocycles. The number of likely N-dealkylation sites (tertiary alicyclic amines) is 1. The molecule has 8 nitrogen and oxygen atoms in total. The second kappa shape index (κ2) is 10.4. The molecule has 3 aromatic rings. The number of nitrogen functional groups attached to an aromatic ring is 1. The Morgan fingerprint density at radius 3 is 2.58 bits per heavy atom. The van der Waals surface area contributed by atoms with Crippen LogP contribution in [0.4, 0.5) is 14.9 Å². The molecule has 4 N–H and O–H groups in total. The second-order valence-electron chi connectivity index (χ2n) is 9.50. The minimum absolute atomic E-state index is 0.0957. The van der Waals surface area contributed by atoms with Crippen LogP contribution in [0.2, 0.25) is 0 Å². The summed E-state index contributed by atoms with van der Waals surface area (Å²) in [6, 6.07) is 9.99. The number of hydrogen-bond acceptors (Lipinski definition) is 5. The van der Waals surface area contributed by atoms with Gasteiger partial charge in [-0.05, 0) is 60.1 Å². The molecule has 1 aliphatic rings. The number of aromatic nitrogens is 2. The topological polar surface area (TPSA) is 113 Å². The third kappa shape index (κ3) is 5.05. The number of alkyl carbamates (subject to hydrolysis) is 1. The van der Waals surface area contributed by atoms with Crippen molar-refractivity contribution < 1.29 is 18.7 Å². The Balaban J connectivity index is 1.53. The van der Waals surface area contributed by atoms with Crippen molar-refractivity contribution >= 4 is 17.7 Å². The molecule has 2 heterocycles. The predicted molar refractivity (Wildman–Crippen MR) is 136 cm³/mol. The average Bonchev–Trinajstić information content (AvgIpc) is 3.54. The Morgan fingerprint density at radius 2 is 1.92 bits per heavy atom. The maximum absolute atomic E-state index is 14.0. The van der Waals surface area contributed by atoms with Crippen LogP contribution in [0.3, 0.4) is 0 Å². The Kier molecular flexibility index (Phi) is 7.28. The van der Waals surface area contributed by atoms with Gasteiger partial charge in [0.2, 0.25) is 5.91 Å². The molecule has 1 fully saturated rings. The van der Waals surface area contributed by atoms with Gasteiger partial charge >= 0.3 is 6.09 Å². The first-order valence-electron chi connectivity index (χ1n) is 12.1. The smallest absolute Gasteiger partial charge is 0.407 e. The number of anilines is 1. The molecule has 0 bridgehead atoms. The number of nitrogens with zero attached hydrogens (tertiary/aromatic N) is 2. The zero-order valence-electron chi connectivity index (χ0n) is 21.0. The number of aromatic amines is 1. The van der Waals surface area contributed by atoms with E-state index in [-0.39, 0.29) is 23.6 Å². The van der Waals surface area contributed by atoms with E-state index < -0.39 is 18.0 Å². The number of benzene rings is 2. The number of halogens is 1. The van der Waals surface area contributed by atoms with Crippen LogP contribution >= 0.6 is 0 Å². The van der Waals surface area contributed by atoms with Crippen molar-refractivity contribution in [2.24, 2.45) is 5.92 Å². The third-order valence-electron chi connectivity index (χ3n) is 6.69. The zero-order chi connectivity index (χ0) is 26.0. The van der Waals surface area contributed by atoms with Gasteiger partial charge in [0.25, 0.3) is 0 Å². The number of amides is 2. The van der Waals surface area contributed by atoms with E-state index in [1.807, 2.05) is 45.0 Å². The highest BCUT2D eigenvalue weighted by molar-refractivity contribution is 5.86. The lowest BCUT2D eigenvalue weighted by atomic mass is 9.98. The van der Waals surface area contributed by atoms with E-state index in [0.29, 0.717) is 12.4 Å². The number of hydrogen-bond donors (Lipinski definition) is 3. The number of rotatable bonds is 6. The average molecular weight is 494 g/mol. The molecule has 0 spiro atoms. The Morgan fingerprint density at radius 1 is 1.22 bits per heavy atom. The molecule has 0 radical (unpaired) electrons. The molecule has 190 valence electrons. The van der Waals surface area contributed by atoms with Crippen LogP contribution < -0.4 is 11.1 Å². The summed E-state index contributed by atoms with van der Waals surface area (Å²) in [5.74, 6) is 0.0278. The molecule has 2 atom stereocenters. The number of imidazole rings is 1. The van der Waals surface area contributed by atoms with Gasteiger partial charge in [-0.25, -0.2) is 14.2 Å². The quantitative estimate of drug-likeness (QED) is 0.426. The van der Waals surface area contributed by atoms with Crippen molar-refractivity contribution in [2.75, 3.05) is 19.4 Å². The lowest BCUT2D eigenvalue weighted by molar-refractivity contribution is -0.135. The molecule has 9 heteroatoms. The van der Waals surface area contributed by atoms with Crippen LogP contribution in [0.1, 0.15) is 44.1 Å². The minimum Gasteiger partial charge on any atom is -0.453 e. The molecule has 1 aromatic heterocycles. The molecule has 0 saturated carbocycles. The number of ether oxygens (including phenoxy) is 1. The Labute approximate surface area is 210 Å². The number of nitrogens with one attached hydrogen (secondary N) is 2. The van der Waals surface area contributed by atoms with Gasteiger partial charge in [-0.15, -0.1) is 0 Å². The van der Waals surface area contributed by atoms with Gasteiger partial charge in [0.15, 0.2) is 0 Å².